The van der Waals surface area contributed by atoms with Crippen molar-refractivity contribution >= 4 is 10.0 Å². The average Bonchev–Trinajstić information content (AvgIpc) is 3.02. The molecule has 25 heavy (non-hydrogen) atoms. The minimum atomic E-state index is -3.45. The minimum absolute atomic E-state index is 0.186. The lowest BCUT2D eigenvalue weighted by Gasteiger charge is -2.06. The van der Waals surface area contributed by atoms with E-state index in [2.05, 4.69) is 9.71 Å². The molecular formula is C18H18N2O4S. The Morgan fingerprint density at radius 2 is 1.76 bits per heavy atom. The molecule has 0 spiro atoms. The Labute approximate surface area is 146 Å². The van der Waals surface area contributed by atoms with Crippen molar-refractivity contribution in [1.82, 2.24) is 9.71 Å². The van der Waals surface area contributed by atoms with E-state index < -0.39 is 10.0 Å². The molecule has 1 heterocycles. The van der Waals surface area contributed by atoms with Gasteiger partial charge in [-0.25, -0.2) is 18.1 Å². The molecule has 0 atom stereocenters. The second kappa shape index (κ2) is 7.08. The fourth-order valence-electron chi connectivity index (χ4n) is 2.25. The maximum Gasteiger partial charge on any atom is 0.240 e. The maximum absolute atomic E-state index is 11.7. The van der Waals surface area contributed by atoms with Gasteiger partial charge in [0, 0.05) is 5.56 Å². The Hall–Kier alpha value is -2.64. The Morgan fingerprint density at radius 3 is 2.40 bits per heavy atom. The molecule has 0 amide bonds. The van der Waals surface area contributed by atoms with Crippen LogP contribution >= 0.6 is 0 Å². The Morgan fingerprint density at radius 1 is 1.08 bits per heavy atom. The van der Waals surface area contributed by atoms with E-state index >= 15 is 0 Å². The minimum Gasteiger partial charge on any atom is -0.487 e. The molecule has 0 unspecified atom stereocenters. The lowest BCUT2D eigenvalue weighted by atomic mass is 10.2. The number of ether oxygens (including phenoxy) is 1. The highest BCUT2D eigenvalue weighted by molar-refractivity contribution is 7.89. The number of sulfonamides is 1. The Kier molecular flexibility index (Phi) is 4.87. The van der Waals surface area contributed by atoms with Crippen LogP contribution in [0.1, 0.15) is 11.5 Å². The van der Waals surface area contributed by atoms with Crippen molar-refractivity contribution in [3.05, 3.63) is 66.1 Å². The van der Waals surface area contributed by atoms with Crippen LogP contribution in [0, 0.1) is 6.92 Å². The molecule has 0 aliphatic rings. The van der Waals surface area contributed by atoms with E-state index in [9.17, 15) is 8.42 Å². The normalized spacial score (nSPS) is 11.4. The summed E-state index contributed by atoms with van der Waals surface area (Å²) in [5.74, 6) is 1.79. The largest absolute Gasteiger partial charge is 0.487 e. The highest BCUT2D eigenvalue weighted by atomic mass is 32.2. The molecule has 1 N–H and O–H groups in total. The monoisotopic (exact) mass is 358 g/mol. The van der Waals surface area contributed by atoms with Gasteiger partial charge in [0.1, 0.15) is 23.8 Å². The van der Waals surface area contributed by atoms with Crippen LogP contribution in [0.3, 0.4) is 0 Å². The third-order valence-corrected chi connectivity index (χ3v) is 5.12. The molecule has 0 fully saturated rings. The number of oxazole rings is 1. The van der Waals surface area contributed by atoms with E-state index in [1.807, 2.05) is 37.3 Å². The van der Waals surface area contributed by atoms with Gasteiger partial charge in [-0.05, 0) is 50.4 Å². The van der Waals surface area contributed by atoms with E-state index in [0.29, 0.717) is 23.1 Å². The van der Waals surface area contributed by atoms with E-state index in [1.165, 1.54) is 19.2 Å². The summed E-state index contributed by atoms with van der Waals surface area (Å²) in [7, 11) is -2.08. The van der Waals surface area contributed by atoms with Gasteiger partial charge in [-0.15, -0.1) is 0 Å². The van der Waals surface area contributed by atoms with Crippen LogP contribution in [0.15, 0.2) is 63.9 Å². The molecular weight excluding hydrogens is 340 g/mol. The highest BCUT2D eigenvalue weighted by Crippen LogP contribution is 2.23. The van der Waals surface area contributed by atoms with E-state index in [-0.39, 0.29) is 11.5 Å². The number of nitrogens with one attached hydrogen (secondary N) is 1. The number of nitrogens with zero attached hydrogens (tertiary/aromatic N) is 1. The SMILES string of the molecule is CNS(=O)(=O)c1ccc(OCc2nc(-c3ccccc3)oc2C)cc1. The van der Waals surface area contributed by atoms with Crippen LogP contribution in [-0.2, 0) is 16.6 Å². The first-order valence-corrected chi connectivity index (χ1v) is 9.16. The van der Waals surface area contributed by atoms with E-state index in [1.54, 1.807) is 12.1 Å². The van der Waals surface area contributed by atoms with Gasteiger partial charge in [-0.2, -0.15) is 0 Å². The summed E-state index contributed by atoms with van der Waals surface area (Å²) in [6, 6.07) is 15.8. The number of hydrogen-bond donors (Lipinski definition) is 1. The average molecular weight is 358 g/mol. The van der Waals surface area contributed by atoms with Crippen molar-refractivity contribution in [1.29, 1.82) is 0 Å². The third kappa shape index (κ3) is 3.89. The van der Waals surface area contributed by atoms with Crippen LogP contribution in [-0.4, -0.2) is 20.4 Å². The predicted octanol–water partition coefficient (Wildman–Crippen LogP) is 3.14. The summed E-state index contributed by atoms with van der Waals surface area (Å²) in [4.78, 5) is 4.65. The zero-order valence-corrected chi connectivity index (χ0v) is 14.7. The molecule has 0 radical (unpaired) electrons. The molecule has 1 aromatic heterocycles. The predicted molar refractivity (Wildman–Crippen MR) is 93.7 cm³/mol. The molecule has 2 aromatic carbocycles. The molecule has 130 valence electrons. The lowest BCUT2D eigenvalue weighted by Crippen LogP contribution is -2.18. The fourth-order valence-corrected chi connectivity index (χ4v) is 2.98. The summed E-state index contributed by atoms with van der Waals surface area (Å²) in [6.07, 6.45) is 0. The third-order valence-electron chi connectivity index (χ3n) is 3.69. The van der Waals surface area contributed by atoms with Crippen molar-refractivity contribution in [2.24, 2.45) is 0 Å². The quantitative estimate of drug-likeness (QED) is 0.732. The summed E-state index contributed by atoms with van der Waals surface area (Å²) in [6.45, 7) is 2.07. The van der Waals surface area contributed by atoms with Gasteiger partial charge in [-0.3, -0.25) is 0 Å². The summed E-state index contributed by atoms with van der Waals surface area (Å²) >= 11 is 0. The van der Waals surface area contributed by atoms with Crippen molar-refractivity contribution in [3.63, 3.8) is 0 Å². The number of aromatic nitrogens is 1. The van der Waals surface area contributed by atoms with Crippen LogP contribution in [0.5, 0.6) is 5.75 Å². The molecule has 0 saturated carbocycles. The molecule has 0 bridgehead atoms. The van der Waals surface area contributed by atoms with Gasteiger partial charge in [0.2, 0.25) is 15.9 Å². The van der Waals surface area contributed by atoms with Gasteiger partial charge in [0.05, 0.1) is 4.90 Å². The highest BCUT2D eigenvalue weighted by Gasteiger charge is 2.13. The van der Waals surface area contributed by atoms with Gasteiger partial charge >= 0.3 is 0 Å². The molecule has 0 aliphatic heterocycles. The van der Waals surface area contributed by atoms with Crippen molar-refractivity contribution < 1.29 is 17.6 Å². The number of hydrogen-bond acceptors (Lipinski definition) is 5. The van der Waals surface area contributed by atoms with Crippen LogP contribution in [0.2, 0.25) is 0 Å². The molecule has 7 heteroatoms. The topological polar surface area (TPSA) is 81.4 Å². The smallest absolute Gasteiger partial charge is 0.240 e. The Balaban J connectivity index is 1.71. The first-order valence-electron chi connectivity index (χ1n) is 7.68. The molecule has 3 rings (SSSR count). The van der Waals surface area contributed by atoms with Crippen molar-refractivity contribution in [2.75, 3.05) is 7.05 Å². The molecule has 6 nitrogen and oxygen atoms in total. The first-order chi connectivity index (χ1) is 12.0. The van der Waals surface area contributed by atoms with Crippen molar-refractivity contribution in [3.8, 4) is 17.2 Å². The van der Waals surface area contributed by atoms with E-state index in [0.717, 1.165) is 5.56 Å². The second-order valence-corrected chi connectivity index (χ2v) is 7.24. The number of rotatable bonds is 6. The van der Waals surface area contributed by atoms with Crippen LogP contribution < -0.4 is 9.46 Å². The first kappa shape index (κ1) is 17.2. The second-order valence-electron chi connectivity index (χ2n) is 5.36. The molecule has 0 aliphatic carbocycles. The molecule has 0 saturated heterocycles. The lowest BCUT2D eigenvalue weighted by molar-refractivity contribution is 0.299. The summed E-state index contributed by atoms with van der Waals surface area (Å²) in [5, 5.41) is 0. The summed E-state index contributed by atoms with van der Waals surface area (Å²) < 4.78 is 37.0. The van der Waals surface area contributed by atoms with Gasteiger partial charge in [0.15, 0.2) is 0 Å². The van der Waals surface area contributed by atoms with Gasteiger partial charge in [0.25, 0.3) is 0 Å². The van der Waals surface area contributed by atoms with Gasteiger partial charge in [-0.1, -0.05) is 18.2 Å². The van der Waals surface area contributed by atoms with Crippen molar-refractivity contribution in [2.45, 2.75) is 18.4 Å². The molecule has 3 aromatic rings. The van der Waals surface area contributed by atoms with Gasteiger partial charge < -0.3 is 9.15 Å². The summed E-state index contributed by atoms with van der Waals surface area (Å²) in [5.41, 5.74) is 1.60. The standard InChI is InChI=1S/C18H18N2O4S/c1-13-17(20-18(24-13)14-6-4-3-5-7-14)12-23-15-8-10-16(11-9-15)25(21,22)19-2/h3-11,19H,12H2,1-2H3. The fraction of sp³-hybridized carbons (Fsp3) is 0.167. The maximum atomic E-state index is 11.7. The number of aryl methyl sites for hydroxylation is 1. The van der Waals surface area contributed by atoms with E-state index in [4.69, 9.17) is 9.15 Å². The van der Waals surface area contributed by atoms with Crippen LogP contribution in [0.4, 0.5) is 0 Å². The number of benzene rings is 2. The zero-order valence-electron chi connectivity index (χ0n) is 13.9. The zero-order chi connectivity index (χ0) is 17.9. The Bertz CT molecular complexity index is 949. The van der Waals surface area contributed by atoms with Crippen LogP contribution in [0.25, 0.3) is 11.5 Å².